The normalized spacial score (nSPS) is 10.8. The molecule has 0 aliphatic carbocycles. The van der Waals surface area contributed by atoms with Crippen LogP contribution in [0.5, 0.6) is 11.5 Å². The van der Waals surface area contributed by atoms with Crippen LogP contribution in [0.4, 0.5) is 0 Å². The van der Waals surface area contributed by atoms with Gasteiger partial charge in [0.1, 0.15) is 0 Å². The Labute approximate surface area is 192 Å². The average molecular weight is 446 g/mol. The molecule has 4 aromatic rings. The molecule has 0 bridgehead atoms. The second-order valence-corrected chi connectivity index (χ2v) is 7.75. The van der Waals surface area contributed by atoms with E-state index in [1.807, 2.05) is 42.6 Å². The summed E-state index contributed by atoms with van der Waals surface area (Å²) in [5.74, 6) is 1.11. The molecule has 0 unspecified atom stereocenters. The first-order valence-corrected chi connectivity index (χ1v) is 10.8. The van der Waals surface area contributed by atoms with E-state index < -0.39 is 0 Å². The standard InChI is InChI=1S/C26H27N3O4/c1-32-23-9-7-18(15-24(23)33-2)11-13-27-26(31)20-8-10-25(30)29(17-20)14-12-19-16-28-22-6-4-3-5-21(19)22/h3-10,15-17,28H,11-14H2,1-2H3,(H,27,31). The molecule has 0 aliphatic rings. The van der Waals surface area contributed by atoms with E-state index in [9.17, 15) is 9.59 Å². The third kappa shape index (κ3) is 5.09. The van der Waals surface area contributed by atoms with Crippen LogP contribution in [0.3, 0.4) is 0 Å². The van der Waals surface area contributed by atoms with Crippen LogP contribution < -0.4 is 20.3 Å². The van der Waals surface area contributed by atoms with Crippen LogP contribution in [0.1, 0.15) is 21.5 Å². The SMILES string of the molecule is COc1ccc(CCNC(=O)c2ccc(=O)n(CCc3c[nH]c4ccccc34)c2)cc1OC. The number of rotatable bonds is 9. The Balaban J connectivity index is 1.37. The molecule has 0 saturated heterocycles. The van der Waals surface area contributed by atoms with Gasteiger partial charge in [0.15, 0.2) is 11.5 Å². The number of aryl methyl sites for hydroxylation is 2. The Bertz CT molecular complexity index is 1320. The summed E-state index contributed by atoms with van der Waals surface area (Å²) in [5, 5.41) is 4.07. The molecule has 1 amide bonds. The maximum atomic E-state index is 12.7. The van der Waals surface area contributed by atoms with Crippen LogP contribution in [-0.4, -0.2) is 36.2 Å². The highest BCUT2D eigenvalue weighted by Gasteiger charge is 2.10. The highest BCUT2D eigenvalue weighted by atomic mass is 16.5. The van der Waals surface area contributed by atoms with Crippen molar-refractivity contribution in [1.82, 2.24) is 14.9 Å². The van der Waals surface area contributed by atoms with Gasteiger partial charge in [0.05, 0.1) is 19.8 Å². The zero-order chi connectivity index (χ0) is 23.2. The summed E-state index contributed by atoms with van der Waals surface area (Å²) in [6.07, 6.45) is 4.93. The van der Waals surface area contributed by atoms with Crippen LogP contribution in [0.25, 0.3) is 10.9 Å². The first-order chi connectivity index (χ1) is 16.1. The molecule has 0 aliphatic heterocycles. The number of ether oxygens (including phenoxy) is 2. The zero-order valence-electron chi connectivity index (χ0n) is 18.8. The number of nitrogens with one attached hydrogen (secondary N) is 2. The Kier molecular flexibility index (Phi) is 6.78. The Morgan fingerprint density at radius 1 is 1.00 bits per heavy atom. The molecule has 170 valence electrons. The minimum atomic E-state index is -0.212. The Morgan fingerprint density at radius 3 is 2.64 bits per heavy atom. The van der Waals surface area contributed by atoms with E-state index in [-0.39, 0.29) is 11.5 Å². The third-order valence-corrected chi connectivity index (χ3v) is 5.69. The van der Waals surface area contributed by atoms with Crippen molar-refractivity contribution in [2.75, 3.05) is 20.8 Å². The van der Waals surface area contributed by atoms with Crippen molar-refractivity contribution in [3.8, 4) is 11.5 Å². The van der Waals surface area contributed by atoms with Crippen molar-refractivity contribution in [2.24, 2.45) is 0 Å². The number of methoxy groups -OCH3 is 2. The van der Waals surface area contributed by atoms with Crippen molar-refractivity contribution in [3.05, 3.63) is 94.0 Å². The third-order valence-electron chi connectivity index (χ3n) is 5.69. The largest absolute Gasteiger partial charge is 0.493 e. The van der Waals surface area contributed by atoms with E-state index >= 15 is 0 Å². The van der Waals surface area contributed by atoms with Crippen molar-refractivity contribution < 1.29 is 14.3 Å². The summed E-state index contributed by atoms with van der Waals surface area (Å²) in [7, 11) is 3.19. The topological polar surface area (TPSA) is 85.4 Å². The number of fused-ring (bicyclic) bond motifs is 1. The molecule has 4 rings (SSSR count). The summed E-state index contributed by atoms with van der Waals surface area (Å²) in [6.45, 7) is 0.955. The molecule has 2 aromatic heterocycles. The van der Waals surface area contributed by atoms with Gasteiger partial charge in [0, 0.05) is 42.5 Å². The van der Waals surface area contributed by atoms with Crippen LogP contribution >= 0.6 is 0 Å². The molecule has 7 nitrogen and oxygen atoms in total. The summed E-state index contributed by atoms with van der Waals surface area (Å²) in [5.41, 5.74) is 3.57. The summed E-state index contributed by atoms with van der Waals surface area (Å²) in [6, 6.07) is 16.8. The number of hydrogen-bond donors (Lipinski definition) is 2. The van der Waals surface area contributed by atoms with E-state index in [1.165, 1.54) is 6.07 Å². The van der Waals surface area contributed by atoms with Gasteiger partial charge in [-0.2, -0.15) is 0 Å². The summed E-state index contributed by atoms with van der Waals surface area (Å²) < 4.78 is 12.2. The molecule has 7 heteroatoms. The molecule has 0 saturated carbocycles. The van der Waals surface area contributed by atoms with Gasteiger partial charge in [-0.25, -0.2) is 0 Å². The van der Waals surface area contributed by atoms with Crippen LogP contribution in [0.15, 0.2) is 71.8 Å². The van der Waals surface area contributed by atoms with E-state index in [0.29, 0.717) is 43.0 Å². The molecule has 2 aromatic carbocycles. The van der Waals surface area contributed by atoms with Crippen molar-refractivity contribution in [1.29, 1.82) is 0 Å². The van der Waals surface area contributed by atoms with Crippen LogP contribution in [0.2, 0.25) is 0 Å². The highest BCUT2D eigenvalue weighted by molar-refractivity contribution is 5.93. The van der Waals surface area contributed by atoms with Gasteiger partial charge in [-0.15, -0.1) is 0 Å². The zero-order valence-corrected chi connectivity index (χ0v) is 18.8. The fourth-order valence-corrected chi connectivity index (χ4v) is 3.88. The summed E-state index contributed by atoms with van der Waals surface area (Å²) >= 11 is 0. The monoisotopic (exact) mass is 445 g/mol. The number of hydrogen-bond acceptors (Lipinski definition) is 4. The van der Waals surface area contributed by atoms with Gasteiger partial charge < -0.3 is 24.3 Å². The smallest absolute Gasteiger partial charge is 0.252 e. The van der Waals surface area contributed by atoms with Crippen molar-refractivity contribution >= 4 is 16.8 Å². The van der Waals surface area contributed by atoms with Gasteiger partial charge in [-0.3, -0.25) is 9.59 Å². The Morgan fingerprint density at radius 2 is 1.82 bits per heavy atom. The number of pyridine rings is 1. The lowest BCUT2D eigenvalue weighted by Gasteiger charge is -2.11. The lowest BCUT2D eigenvalue weighted by Crippen LogP contribution is -2.28. The molecule has 0 fully saturated rings. The molecule has 0 spiro atoms. The second kappa shape index (κ2) is 10.1. The molecular formula is C26H27N3O4. The van der Waals surface area contributed by atoms with Crippen LogP contribution in [-0.2, 0) is 19.4 Å². The molecule has 0 atom stereocenters. The van der Waals surface area contributed by atoms with Gasteiger partial charge in [0.2, 0.25) is 0 Å². The van der Waals surface area contributed by atoms with Crippen molar-refractivity contribution in [3.63, 3.8) is 0 Å². The number of aromatic amines is 1. The van der Waals surface area contributed by atoms with E-state index in [1.54, 1.807) is 31.0 Å². The maximum absolute atomic E-state index is 12.7. The van der Waals surface area contributed by atoms with Gasteiger partial charge in [0.25, 0.3) is 11.5 Å². The second-order valence-electron chi connectivity index (χ2n) is 7.75. The number of carbonyl (C=O) groups is 1. The number of carbonyl (C=O) groups excluding carboxylic acids is 1. The van der Waals surface area contributed by atoms with Crippen molar-refractivity contribution in [2.45, 2.75) is 19.4 Å². The highest BCUT2D eigenvalue weighted by Crippen LogP contribution is 2.27. The first-order valence-electron chi connectivity index (χ1n) is 10.8. The molecule has 33 heavy (non-hydrogen) atoms. The van der Waals surface area contributed by atoms with E-state index in [0.717, 1.165) is 22.0 Å². The number of para-hydroxylation sites is 1. The molecule has 2 N–H and O–H groups in total. The molecule has 2 heterocycles. The molecular weight excluding hydrogens is 418 g/mol. The van der Waals surface area contributed by atoms with Gasteiger partial charge >= 0.3 is 0 Å². The van der Waals surface area contributed by atoms with Crippen LogP contribution in [0, 0.1) is 0 Å². The summed E-state index contributed by atoms with van der Waals surface area (Å²) in [4.78, 5) is 28.2. The fourth-order valence-electron chi connectivity index (χ4n) is 3.88. The average Bonchev–Trinajstić information content (AvgIpc) is 3.26. The fraction of sp³-hybridized carbons (Fsp3) is 0.231. The molecule has 0 radical (unpaired) electrons. The Hall–Kier alpha value is -4.00. The number of amides is 1. The first kappa shape index (κ1) is 22.2. The lowest BCUT2D eigenvalue weighted by atomic mass is 10.1. The lowest BCUT2D eigenvalue weighted by molar-refractivity contribution is 0.0953. The quantitative estimate of drug-likeness (QED) is 0.413. The van der Waals surface area contributed by atoms with Gasteiger partial charge in [-0.05, 0) is 48.2 Å². The predicted molar refractivity (Wildman–Crippen MR) is 128 cm³/mol. The minimum absolute atomic E-state index is 0.128. The predicted octanol–water partition coefficient (Wildman–Crippen LogP) is 3.56. The number of aromatic nitrogens is 2. The number of H-pyrrole nitrogens is 1. The van der Waals surface area contributed by atoms with Gasteiger partial charge in [-0.1, -0.05) is 24.3 Å². The number of benzene rings is 2. The van der Waals surface area contributed by atoms with E-state index in [4.69, 9.17) is 9.47 Å². The minimum Gasteiger partial charge on any atom is -0.493 e. The number of nitrogens with zero attached hydrogens (tertiary/aromatic N) is 1. The van der Waals surface area contributed by atoms with E-state index in [2.05, 4.69) is 16.4 Å². The maximum Gasteiger partial charge on any atom is 0.252 e.